The van der Waals surface area contributed by atoms with Crippen molar-refractivity contribution in [3.05, 3.63) is 52.7 Å². The van der Waals surface area contributed by atoms with Crippen LogP contribution in [-0.2, 0) is 6.54 Å². The van der Waals surface area contributed by atoms with E-state index in [1.165, 1.54) is 0 Å². The Morgan fingerprint density at radius 3 is 2.69 bits per heavy atom. The molecule has 1 atom stereocenters. The molecule has 4 rings (SSSR count). The number of hydrogen-bond donors (Lipinski definition) is 1. The van der Waals surface area contributed by atoms with Crippen LogP contribution in [-0.4, -0.2) is 70.5 Å². The summed E-state index contributed by atoms with van der Waals surface area (Å²) in [7, 11) is 0. The third-order valence-corrected chi connectivity index (χ3v) is 5.95. The zero-order valence-electron chi connectivity index (χ0n) is 15.9. The maximum Gasteiger partial charge on any atom is 0.241 e. The van der Waals surface area contributed by atoms with Crippen molar-refractivity contribution in [1.82, 2.24) is 19.9 Å². The lowest BCUT2D eigenvalue weighted by Gasteiger charge is -2.34. The number of ether oxygens (including phenoxy) is 1. The molecule has 0 aliphatic carbocycles. The van der Waals surface area contributed by atoms with Crippen molar-refractivity contribution in [3.8, 4) is 16.5 Å². The first kappa shape index (κ1) is 20.3. The minimum Gasteiger partial charge on any atom is -0.489 e. The molecule has 1 saturated heterocycles. The van der Waals surface area contributed by atoms with Crippen molar-refractivity contribution >= 4 is 22.9 Å². The fraction of sp³-hybridized carbons (Fsp3) is 0.400. The Balaban J connectivity index is 1.19. The fourth-order valence-electron chi connectivity index (χ4n) is 3.24. The van der Waals surface area contributed by atoms with Gasteiger partial charge in [-0.1, -0.05) is 35.0 Å². The van der Waals surface area contributed by atoms with E-state index in [9.17, 15) is 5.11 Å². The van der Waals surface area contributed by atoms with Gasteiger partial charge in [0.25, 0.3) is 0 Å². The molecule has 0 amide bonds. The molecule has 0 saturated carbocycles. The molecule has 1 aliphatic rings. The average molecular weight is 435 g/mol. The molecule has 1 aliphatic heterocycles. The number of piperazine rings is 1. The highest BCUT2D eigenvalue weighted by atomic mass is 35.5. The van der Waals surface area contributed by atoms with Gasteiger partial charge in [0.1, 0.15) is 18.5 Å². The second kappa shape index (κ2) is 9.69. The molecule has 1 unspecified atom stereocenters. The van der Waals surface area contributed by atoms with Crippen LogP contribution in [0.3, 0.4) is 0 Å². The van der Waals surface area contributed by atoms with Gasteiger partial charge in [-0.25, -0.2) is 0 Å². The first-order valence-corrected chi connectivity index (χ1v) is 10.8. The number of aliphatic hydroxyl groups is 1. The van der Waals surface area contributed by atoms with E-state index in [1.807, 2.05) is 29.6 Å². The van der Waals surface area contributed by atoms with Crippen LogP contribution in [0.2, 0.25) is 5.02 Å². The van der Waals surface area contributed by atoms with Crippen LogP contribution < -0.4 is 4.74 Å². The lowest BCUT2D eigenvalue weighted by molar-refractivity contribution is 0.0426. The van der Waals surface area contributed by atoms with Crippen LogP contribution in [0.25, 0.3) is 10.7 Å². The highest BCUT2D eigenvalue weighted by molar-refractivity contribution is 7.13. The van der Waals surface area contributed by atoms with Crippen LogP contribution in [0.5, 0.6) is 5.75 Å². The Kier molecular flexibility index (Phi) is 6.78. The van der Waals surface area contributed by atoms with Gasteiger partial charge in [0.2, 0.25) is 11.7 Å². The Labute approximate surface area is 178 Å². The molecule has 9 heteroatoms. The Morgan fingerprint density at radius 2 is 1.93 bits per heavy atom. The molecule has 1 N–H and O–H groups in total. The topological polar surface area (TPSA) is 74.9 Å². The summed E-state index contributed by atoms with van der Waals surface area (Å²) in [6.07, 6.45) is -0.567. The summed E-state index contributed by atoms with van der Waals surface area (Å²) in [5.74, 6) is 1.88. The van der Waals surface area contributed by atoms with Gasteiger partial charge in [-0.05, 0) is 23.6 Å². The summed E-state index contributed by atoms with van der Waals surface area (Å²) in [5.41, 5.74) is 0. The third kappa shape index (κ3) is 5.55. The van der Waals surface area contributed by atoms with Crippen molar-refractivity contribution in [3.63, 3.8) is 0 Å². The first-order valence-electron chi connectivity index (χ1n) is 9.54. The Morgan fingerprint density at radius 1 is 1.14 bits per heavy atom. The number of β-amino-alcohol motifs (C(OH)–C–C–N with tert-alkyl or cyclic N) is 1. The first-order chi connectivity index (χ1) is 14.2. The molecule has 0 radical (unpaired) electrons. The summed E-state index contributed by atoms with van der Waals surface area (Å²) in [6, 6.07) is 11.2. The largest absolute Gasteiger partial charge is 0.489 e. The lowest BCUT2D eigenvalue weighted by atomic mass is 10.2. The molecule has 2 aromatic heterocycles. The van der Waals surface area contributed by atoms with E-state index >= 15 is 0 Å². The predicted molar refractivity (Wildman–Crippen MR) is 112 cm³/mol. The minimum atomic E-state index is -0.567. The SMILES string of the molecule is OC(COc1ccccc1Cl)CN1CCN(Cc2nc(-c3cccs3)no2)CC1. The normalized spacial score (nSPS) is 16.8. The molecule has 3 aromatic rings. The van der Waals surface area contributed by atoms with E-state index in [0.29, 0.717) is 35.6 Å². The van der Waals surface area contributed by atoms with Crippen LogP contribution >= 0.6 is 22.9 Å². The lowest BCUT2D eigenvalue weighted by Crippen LogP contribution is -2.48. The molecule has 29 heavy (non-hydrogen) atoms. The Bertz CT molecular complexity index is 897. The number of para-hydroxylation sites is 1. The maximum absolute atomic E-state index is 10.3. The van der Waals surface area contributed by atoms with Crippen LogP contribution in [0, 0.1) is 0 Å². The summed E-state index contributed by atoms with van der Waals surface area (Å²) >= 11 is 7.67. The monoisotopic (exact) mass is 434 g/mol. The van der Waals surface area contributed by atoms with Gasteiger partial charge >= 0.3 is 0 Å². The van der Waals surface area contributed by atoms with Crippen molar-refractivity contribution in [2.24, 2.45) is 0 Å². The molecular weight excluding hydrogens is 412 g/mol. The quantitative estimate of drug-likeness (QED) is 0.584. The number of rotatable bonds is 8. The number of halogens is 1. The van der Waals surface area contributed by atoms with E-state index < -0.39 is 6.10 Å². The highest BCUT2D eigenvalue weighted by Crippen LogP contribution is 2.23. The molecule has 154 valence electrons. The highest BCUT2D eigenvalue weighted by Gasteiger charge is 2.21. The number of aromatic nitrogens is 2. The summed E-state index contributed by atoms with van der Waals surface area (Å²) in [5, 5.41) is 16.9. The number of thiophene rings is 1. The van der Waals surface area contributed by atoms with Gasteiger partial charge in [0, 0.05) is 32.7 Å². The van der Waals surface area contributed by atoms with Gasteiger partial charge in [0.05, 0.1) is 16.4 Å². The number of benzene rings is 1. The number of nitrogens with zero attached hydrogens (tertiary/aromatic N) is 4. The standard InChI is InChI=1S/C20H23ClN4O3S/c21-16-4-1-2-5-17(16)27-14-15(26)12-24-7-9-25(10-8-24)13-19-22-20(23-28-19)18-6-3-11-29-18/h1-6,11,15,26H,7-10,12-14H2. The van der Waals surface area contributed by atoms with Gasteiger partial charge in [0.15, 0.2) is 0 Å². The minimum absolute atomic E-state index is 0.220. The van der Waals surface area contributed by atoms with Crippen molar-refractivity contribution in [1.29, 1.82) is 0 Å². The van der Waals surface area contributed by atoms with Gasteiger partial charge < -0.3 is 14.4 Å². The van der Waals surface area contributed by atoms with Crippen molar-refractivity contribution < 1.29 is 14.4 Å². The molecule has 7 nitrogen and oxygen atoms in total. The van der Waals surface area contributed by atoms with Crippen LogP contribution in [0.1, 0.15) is 5.89 Å². The van der Waals surface area contributed by atoms with Gasteiger partial charge in [-0.3, -0.25) is 9.80 Å². The molecule has 0 bridgehead atoms. The molecule has 3 heterocycles. The molecule has 1 fully saturated rings. The Hall–Kier alpha value is -1.97. The van der Waals surface area contributed by atoms with E-state index in [-0.39, 0.29) is 6.61 Å². The fourth-order valence-corrected chi connectivity index (χ4v) is 4.08. The summed E-state index contributed by atoms with van der Waals surface area (Å²) in [4.78, 5) is 10.0. The number of hydrogen-bond acceptors (Lipinski definition) is 8. The van der Waals surface area contributed by atoms with Gasteiger partial charge in [-0.15, -0.1) is 11.3 Å². The smallest absolute Gasteiger partial charge is 0.241 e. The molecule has 1 aromatic carbocycles. The molecular formula is C20H23ClN4O3S. The van der Waals surface area contributed by atoms with Crippen LogP contribution in [0.4, 0.5) is 0 Å². The molecule has 0 spiro atoms. The second-order valence-electron chi connectivity index (χ2n) is 6.96. The van der Waals surface area contributed by atoms with E-state index in [4.69, 9.17) is 20.9 Å². The summed E-state index contributed by atoms with van der Waals surface area (Å²) < 4.78 is 11.0. The van der Waals surface area contributed by atoms with E-state index in [1.54, 1.807) is 23.5 Å². The predicted octanol–water partition coefficient (Wildman–Crippen LogP) is 3.01. The summed E-state index contributed by atoms with van der Waals surface area (Å²) in [6.45, 7) is 4.94. The number of aliphatic hydroxyl groups excluding tert-OH is 1. The maximum atomic E-state index is 10.3. The van der Waals surface area contributed by atoms with Crippen molar-refractivity contribution in [2.75, 3.05) is 39.3 Å². The second-order valence-corrected chi connectivity index (χ2v) is 8.32. The van der Waals surface area contributed by atoms with Gasteiger partial charge in [-0.2, -0.15) is 4.98 Å². The van der Waals surface area contributed by atoms with Crippen LogP contribution in [0.15, 0.2) is 46.3 Å². The van der Waals surface area contributed by atoms with E-state index in [0.717, 1.165) is 31.1 Å². The van der Waals surface area contributed by atoms with Crippen molar-refractivity contribution in [2.45, 2.75) is 12.6 Å². The zero-order chi connectivity index (χ0) is 20.1. The zero-order valence-corrected chi connectivity index (χ0v) is 17.5. The van der Waals surface area contributed by atoms with E-state index in [2.05, 4.69) is 19.9 Å². The third-order valence-electron chi connectivity index (χ3n) is 4.77. The average Bonchev–Trinajstić information content (AvgIpc) is 3.41.